The standard InChI is InChI=1S/Ca.Cr.2H2O.2O.Pb.4H/h;;2*1H2;;;;;;;/q;+2;;;;;;;;;/p-2. The predicted octanol–water partition coefficient (Wildman–Crippen LogP) is -3.19. The molecule has 0 rings (SSSR count). The predicted molar refractivity (Wildman–Crippen MR) is 22.9 cm³/mol. The Bertz CT molecular complexity index is 94.9. The third-order valence-corrected chi connectivity index (χ3v) is 0. The van der Waals surface area contributed by atoms with Crippen molar-refractivity contribution in [3.63, 3.8) is 0 Å². The molecule has 0 amide bonds. The molecule has 7 heavy (non-hydrogen) atoms. The van der Waals surface area contributed by atoms with Gasteiger partial charge in [-0.1, -0.05) is 0 Å². The van der Waals surface area contributed by atoms with Crippen molar-refractivity contribution < 1.29 is 29.5 Å². The van der Waals surface area contributed by atoms with E-state index in [0.717, 1.165) is 0 Å². The van der Waals surface area contributed by atoms with Crippen molar-refractivity contribution >= 4 is 65.0 Å². The van der Waals surface area contributed by atoms with Gasteiger partial charge in [-0.2, -0.15) is 0 Å². The molecule has 0 aliphatic carbocycles. The molecule has 0 fully saturated rings. The Morgan fingerprint density at radius 1 is 1.14 bits per heavy atom. The minimum absolute atomic E-state index is 0. The fourth-order valence-electron chi connectivity index (χ4n) is 0. The molecule has 2 N–H and O–H groups in total. The Morgan fingerprint density at radius 2 is 1.14 bits per heavy atom. The van der Waals surface area contributed by atoms with Crippen molar-refractivity contribution in [1.29, 1.82) is 0 Å². The van der Waals surface area contributed by atoms with Gasteiger partial charge in [-0.25, -0.2) is 0 Å². The number of hydrogen-bond donors (Lipinski definition) is 2. The van der Waals surface area contributed by atoms with Gasteiger partial charge in [0.25, 0.3) is 0 Å². The Morgan fingerprint density at radius 3 is 1.14 bits per heavy atom. The van der Waals surface area contributed by atoms with E-state index in [4.69, 9.17) is 15.9 Å². The minimum atomic E-state index is -5.25. The van der Waals surface area contributed by atoms with E-state index in [0.29, 0.717) is 0 Å². The molecule has 0 bridgehead atoms. The molecular formula is H6CaCrO4Pb. The van der Waals surface area contributed by atoms with Crippen molar-refractivity contribution in [2.75, 3.05) is 0 Å². The summed E-state index contributed by atoms with van der Waals surface area (Å²) < 4.78 is 31.9. The molecule has 42 valence electrons. The fraction of sp³-hybridized carbons (Fsp3) is 0. The fourth-order valence-corrected chi connectivity index (χ4v) is 0. The van der Waals surface area contributed by atoms with Crippen molar-refractivity contribution in [2.45, 2.75) is 0 Å². The van der Waals surface area contributed by atoms with Crippen molar-refractivity contribution in [3.8, 4) is 0 Å². The molecule has 0 heterocycles. The van der Waals surface area contributed by atoms with Crippen LogP contribution in [0.25, 0.3) is 0 Å². The van der Waals surface area contributed by atoms with E-state index in [1.165, 1.54) is 0 Å². The molecule has 7 heteroatoms. The summed E-state index contributed by atoms with van der Waals surface area (Å²) >= 11 is -5.25. The van der Waals surface area contributed by atoms with Crippen LogP contribution in [0.1, 0.15) is 0 Å². The van der Waals surface area contributed by atoms with Gasteiger partial charge in [0.05, 0.1) is 0 Å². The first-order valence-electron chi connectivity index (χ1n) is 0.698. The molecule has 2 radical (unpaired) electrons. The summed E-state index contributed by atoms with van der Waals surface area (Å²) in [6.07, 6.45) is 0. The zero-order valence-corrected chi connectivity index (χ0v) is 9.60. The molecule has 0 aromatic carbocycles. The van der Waals surface area contributed by atoms with E-state index in [1.807, 2.05) is 0 Å². The summed E-state index contributed by atoms with van der Waals surface area (Å²) in [6, 6.07) is 0. The normalized spacial score (nSPS) is 8.29. The maximum absolute atomic E-state index is 8.82. The van der Waals surface area contributed by atoms with Crippen molar-refractivity contribution in [1.82, 2.24) is 0 Å². The molecule has 0 aliphatic heterocycles. The molecule has 4 nitrogen and oxygen atoms in total. The van der Waals surface area contributed by atoms with Crippen molar-refractivity contribution in [3.05, 3.63) is 0 Å². The molecule has 0 atom stereocenters. The SMILES string of the molecule is [CaH2].[O]=[Cr](=[O])([OH])[OH].[PbH2]. The second kappa shape index (κ2) is 6.36. The van der Waals surface area contributed by atoms with E-state index in [9.17, 15) is 0 Å². The summed E-state index contributed by atoms with van der Waals surface area (Å²) in [5.74, 6) is 0. The first-order valence-corrected chi connectivity index (χ1v) is 2.88. The van der Waals surface area contributed by atoms with Crippen LogP contribution in [-0.4, -0.2) is 73.4 Å². The van der Waals surface area contributed by atoms with Crippen LogP contribution in [0.2, 0.25) is 0 Å². The third-order valence-electron chi connectivity index (χ3n) is 0. The summed E-state index contributed by atoms with van der Waals surface area (Å²) in [5, 5.41) is 0. The van der Waals surface area contributed by atoms with Crippen LogP contribution in [-0.2, 0) is 21.2 Å². The molecule has 0 saturated heterocycles. The van der Waals surface area contributed by atoms with Crippen LogP contribution < -0.4 is 0 Å². The first kappa shape index (κ1) is 16.1. The van der Waals surface area contributed by atoms with Crippen LogP contribution in [0, 0.1) is 0 Å². The maximum atomic E-state index is 8.82. The Hall–Kier alpha value is 2.23. The molecule has 0 unspecified atom stereocenters. The first-order chi connectivity index (χ1) is 2.00. The monoisotopic (exact) mass is 370 g/mol. The van der Waals surface area contributed by atoms with Crippen LogP contribution in [0.4, 0.5) is 0 Å². The third kappa shape index (κ3) is 64.1. The zero-order chi connectivity index (χ0) is 4.50. The quantitative estimate of drug-likeness (QED) is 0.442. The van der Waals surface area contributed by atoms with Gasteiger partial charge in [0, 0.05) is 0 Å². The van der Waals surface area contributed by atoms with E-state index in [2.05, 4.69) is 0 Å². The van der Waals surface area contributed by atoms with Gasteiger partial charge in [0.2, 0.25) is 0 Å². The molecule has 0 saturated carbocycles. The molecule has 0 aromatic heterocycles. The van der Waals surface area contributed by atoms with Gasteiger partial charge in [0.15, 0.2) is 0 Å². The van der Waals surface area contributed by atoms with Crippen LogP contribution in [0.5, 0.6) is 0 Å². The summed E-state index contributed by atoms with van der Waals surface area (Å²) in [4.78, 5) is 0. The summed E-state index contributed by atoms with van der Waals surface area (Å²) in [5.41, 5.74) is 0. The van der Waals surface area contributed by atoms with E-state index < -0.39 is 13.6 Å². The zero-order valence-electron chi connectivity index (χ0n) is 2.83. The van der Waals surface area contributed by atoms with Crippen LogP contribution in [0.3, 0.4) is 0 Å². The van der Waals surface area contributed by atoms with Crippen molar-refractivity contribution in [2.24, 2.45) is 0 Å². The van der Waals surface area contributed by atoms with Gasteiger partial charge >= 0.3 is 94.6 Å². The number of rotatable bonds is 0. The van der Waals surface area contributed by atoms with Gasteiger partial charge in [-0.15, -0.1) is 0 Å². The average molecular weight is 369 g/mol. The Kier molecular flexibility index (Phi) is 14.6. The summed E-state index contributed by atoms with van der Waals surface area (Å²) in [6.45, 7) is 0. The van der Waals surface area contributed by atoms with Crippen LogP contribution in [0.15, 0.2) is 0 Å². The topological polar surface area (TPSA) is 74.6 Å². The molecule has 0 aromatic rings. The second-order valence-corrected chi connectivity index (χ2v) is 1.85. The second-order valence-electron chi connectivity index (χ2n) is 0.448. The Balaban J connectivity index is -0.0000000800. The molecule has 0 aliphatic rings. The number of hydrogen-bond acceptors (Lipinski definition) is 2. The van der Waals surface area contributed by atoms with Gasteiger partial charge in [-0.3, -0.25) is 0 Å². The Labute approximate surface area is 92.8 Å². The molecule has 0 spiro atoms. The van der Waals surface area contributed by atoms with Gasteiger partial charge in [-0.05, 0) is 0 Å². The van der Waals surface area contributed by atoms with Gasteiger partial charge in [0.1, 0.15) is 0 Å². The van der Waals surface area contributed by atoms with Crippen LogP contribution >= 0.6 is 0 Å². The molecular weight excluding hydrogens is 363 g/mol. The summed E-state index contributed by atoms with van der Waals surface area (Å²) in [7, 11) is 0. The van der Waals surface area contributed by atoms with E-state index in [-0.39, 0.29) is 65.0 Å². The van der Waals surface area contributed by atoms with E-state index in [1.54, 1.807) is 0 Å². The average Bonchev–Trinajstić information content (AvgIpc) is 0.722. The van der Waals surface area contributed by atoms with Gasteiger partial charge < -0.3 is 0 Å². The van der Waals surface area contributed by atoms with E-state index >= 15 is 0 Å².